The summed E-state index contributed by atoms with van der Waals surface area (Å²) in [5.41, 5.74) is 2.46. The number of methoxy groups -OCH3 is 1. The number of pyridine rings is 1. The van der Waals surface area contributed by atoms with Crippen LogP contribution in [0.25, 0.3) is 33.4 Å². The molecule has 0 atom stereocenters. The molecular formula is C20H15FN2O3. The topological polar surface area (TPSA) is 68.1 Å². The van der Waals surface area contributed by atoms with Crippen molar-refractivity contribution in [2.24, 2.45) is 0 Å². The Hall–Kier alpha value is -3.41. The van der Waals surface area contributed by atoms with E-state index in [0.717, 1.165) is 5.56 Å². The molecule has 0 fully saturated rings. The van der Waals surface area contributed by atoms with Crippen LogP contribution in [0.5, 0.6) is 5.75 Å². The van der Waals surface area contributed by atoms with Crippen LogP contribution in [0.15, 0.2) is 57.8 Å². The molecule has 1 N–H and O–H groups in total. The minimum Gasteiger partial charge on any atom is -0.494 e. The average molecular weight is 350 g/mol. The zero-order valence-corrected chi connectivity index (χ0v) is 14.2. The molecule has 2 aromatic heterocycles. The Kier molecular flexibility index (Phi) is 3.80. The predicted molar refractivity (Wildman–Crippen MR) is 96.7 cm³/mol. The maximum atomic E-state index is 14.4. The molecule has 0 amide bonds. The second kappa shape index (κ2) is 6.15. The molecule has 130 valence electrons. The summed E-state index contributed by atoms with van der Waals surface area (Å²) in [6.07, 6.45) is 0. The molecule has 0 saturated carbocycles. The van der Waals surface area contributed by atoms with E-state index in [1.54, 1.807) is 13.0 Å². The van der Waals surface area contributed by atoms with Gasteiger partial charge >= 0.3 is 0 Å². The number of hydrogen-bond acceptors (Lipinski definition) is 4. The molecule has 6 heteroatoms. The highest BCUT2D eigenvalue weighted by Crippen LogP contribution is 2.37. The predicted octanol–water partition coefficient (Wildman–Crippen LogP) is 4.31. The number of aromatic nitrogens is 2. The smallest absolute Gasteiger partial charge is 0.260 e. The molecule has 0 aliphatic carbocycles. The second-order valence-corrected chi connectivity index (χ2v) is 5.94. The van der Waals surface area contributed by atoms with Crippen LogP contribution in [0, 0.1) is 12.7 Å². The van der Waals surface area contributed by atoms with Gasteiger partial charge in [-0.1, -0.05) is 35.5 Å². The van der Waals surface area contributed by atoms with Crippen LogP contribution in [0.2, 0.25) is 0 Å². The zero-order valence-electron chi connectivity index (χ0n) is 14.2. The van der Waals surface area contributed by atoms with Crippen LogP contribution in [0.4, 0.5) is 4.39 Å². The highest BCUT2D eigenvalue weighted by Gasteiger charge is 2.21. The fourth-order valence-corrected chi connectivity index (χ4v) is 3.07. The molecule has 26 heavy (non-hydrogen) atoms. The van der Waals surface area contributed by atoms with Crippen LogP contribution < -0.4 is 10.3 Å². The first kappa shape index (κ1) is 16.1. The van der Waals surface area contributed by atoms with Gasteiger partial charge in [0.1, 0.15) is 0 Å². The monoisotopic (exact) mass is 350 g/mol. The highest BCUT2D eigenvalue weighted by molar-refractivity contribution is 6.01. The molecule has 0 radical (unpaired) electrons. The molecule has 4 rings (SSSR count). The molecule has 4 aromatic rings. The minimum absolute atomic E-state index is 0.0652. The Bertz CT molecular complexity index is 1160. The Morgan fingerprint density at radius 1 is 1.12 bits per heavy atom. The van der Waals surface area contributed by atoms with E-state index >= 15 is 0 Å². The van der Waals surface area contributed by atoms with Crippen molar-refractivity contribution >= 4 is 10.9 Å². The third kappa shape index (κ3) is 2.56. The van der Waals surface area contributed by atoms with E-state index in [-0.39, 0.29) is 11.3 Å². The molecule has 0 spiro atoms. The summed E-state index contributed by atoms with van der Waals surface area (Å²) in [7, 11) is 1.38. The quantitative estimate of drug-likeness (QED) is 0.598. The van der Waals surface area contributed by atoms with Crippen molar-refractivity contribution in [1.29, 1.82) is 0 Å². The number of nitrogens with one attached hydrogen (secondary N) is 1. The Morgan fingerprint density at radius 2 is 1.88 bits per heavy atom. The van der Waals surface area contributed by atoms with E-state index in [0.29, 0.717) is 33.5 Å². The second-order valence-electron chi connectivity index (χ2n) is 5.94. The number of fused-ring (bicyclic) bond motifs is 1. The van der Waals surface area contributed by atoms with Gasteiger partial charge in [-0.05, 0) is 18.6 Å². The zero-order chi connectivity index (χ0) is 18.3. The van der Waals surface area contributed by atoms with Crippen LogP contribution in [-0.2, 0) is 0 Å². The van der Waals surface area contributed by atoms with Crippen molar-refractivity contribution in [3.05, 3.63) is 70.4 Å². The number of ether oxygens (including phenoxy) is 1. The number of halogens is 1. The standard InChI is InChI=1S/C20H15FN2O3/c1-11-8-17(26-23-11)19-18(12-6-4-3-5-7-12)13-9-14(21)16(25-2)10-15(13)22-20(19)24/h3-10H,1-2H3,(H,22,24). The third-order valence-corrected chi connectivity index (χ3v) is 4.22. The van der Waals surface area contributed by atoms with Crippen LogP contribution in [0.3, 0.4) is 0 Å². The number of benzene rings is 2. The lowest BCUT2D eigenvalue weighted by atomic mass is 9.94. The minimum atomic E-state index is -0.510. The number of hydrogen-bond donors (Lipinski definition) is 1. The van der Waals surface area contributed by atoms with E-state index in [9.17, 15) is 9.18 Å². The van der Waals surface area contributed by atoms with Gasteiger partial charge in [-0.2, -0.15) is 0 Å². The fraction of sp³-hybridized carbons (Fsp3) is 0.100. The molecule has 0 aliphatic rings. The van der Waals surface area contributed by atoms with Crippen molar-refractivity contribution in [1.82, 2.24) is 10.1 Å². The summed E-state index contributed by atoms with van der Waals surface area (Å²) in [5.74, 6) is -0.111. The van der Waals surface area contributed by atoms with Gasteiger partial charge in [0.2, 0.25) is 0 Å². The van der Waals surface area contributed by atoms with Crippen molar-refractivity contribution in [2.45, 2.75) is 6.92 Å². The van der Waals surface area contributed by atoms with Gasteiger partial charge in [-0.3, -0.25) is 4.79 Å². The van der Waals surface area contributed by atoms with Crippen LogP contribution in [-0.4, -0.2) is 17.3 Å². The largest absolute Gasteiger partial charge is 0.494 e. The van der Waals surface area contributed by atoms with Gasteiger partial charge in [0.05, 0.1) is 23.9 Å². The first-order chi connectivity index (χ1) is 12.6. The molecule has 0 unspecified atom stereocenters. The van der Waals surface area contributed by atoms with E-state index in [1.807, 2.05) is 30.3 Å². The SMILES string of the molecule is COc1cc2[nH]c(=O)c(-c3cc(C)no3)c(-c3ccccc3)c2cc1F. The first-order valence-electron chi connectivity index (χ1n) is 8.01. The van der Waals surface area contributed by atoms with Crippen molar-refractivity contribution in [2.75, 3.05) is 7.11 Å². The summed E-state index contributed by atoms with van der Waals surface area (Å²) >= 11 is 0. The summed E-state index contributed by atoms with van der Waals surface area (Å²) < 4.78 is 24.8. The lowest BCUT2D eigenvalue weighted by Crippen LogP contribution is -2.11. The number of H-pyrrole nitrogens is 1. The van der Waals surface area contributed by atoms with Gasteiger partial charge in [0, 0.05) is 23.1 Å². The molecule has 2 aromatic carbocycles. The van der Waals surface area contributed by atoms with Crippen molar-refractivity contribution in [3.63, 3.8) is 0 Å². The number of nitrogens with zero attached hydrogens (tertiary/aromatic N) is 1. The summed E-state index contributed by atoms with van der Waals surface area (Å²) in [6.45, 7) is 1.77. The number of aryl methyl sites for hydroxylation is 1. The lowest BCUT2D eigenvalue weighted by Gasteiger charge is -2.12. The molecule has 0 saturated heterocycles. The van der Waals surface area contributed by atoms with Crippen LogP contribution in [0.1, 0.15) is 5.69 Å². The Balaban J connectivity index is 2.17. The Labute approximate surface area is 148 Å². The number of aromatic amines is 1. The van der Waals surface area contributed by atoms with Crippen molar-refractivity contribution < 1.29 is 13.7 Å². The highest BCUT2D eigenvalue weighted by atomic mass is 19.1. The van der Waals surface area contributed by atoms with Crippen LogP contribution >= 0.6 is 0 Å². The normalized spacial score (nSPS) is 11.0. The maximum absolute atomic E-state index is 14.4. The molecule has 0 bridgehead atoms. The Morgan fingerprint density at radius 3 is 2.54 bits per heavy atom. The van der Waals surface area contributed by atoms with Gasteiger partial charge in [0.25, 0.3) is 5.56 Å². The van der Waals surface area contributed by atoms with Gasteiger partial charge in [-0.15, -0.1) is 0 Å². The summed E-state index contributed by atoms with van der Waals surface area (Å²) in [6, 6.07) is 13.8. The van der Waals surface area contributed by atoms with Gasteiger partial charge in [-0.25, -0.2) is 4.39 Å². The average Bonchev–Trinajstić information content (AvgIpc) is 3.07. The van der Waals surface area contributed by atoms with E-state index in [1.165, 1.54) is 19.2 Å². The van der Waals surface area contributed by atoms with Gasteiger partial charge < -0.3 is 14.2 Å². The van der Waals surface area contributed by atoms with Gasteiger partial charge in [0.15, 0.2) is 17.3 Å². The lowest BCUT2D eigenvalue weighted by molar-refractivity contribution is 0.387. The summed E-state index contributed by atoms with van der Waals surface area (Å²) in [4.78, 5) is 15.6. The molecule has 5 nitrogen and oxygen atoms in total. The fourth-order valence-electron chi connectivity index (χ4n) is 3.07. The summed E-state index contributed by atoms with van der Waals surface area (Å²) in [5, 5.41) is 4.43. The van der Waals surface area contributed by atoms with Crippen molar-refractivity contribution in [3.8, 4) is 28.2 Å². The van der Waals surface area contributed by atoms with E-state index < -0.39 is 5.82 Å². The molecule has 0 aliphatic heterocycles. The van der Waals surface area contributed by atoms with E-state index in [2.05, 4.69) is 10.1 Å². The van der Waals surface area contributed by atoms with E-state index in [4.69, 9.17) is 9.26 Å². The third-order valence-electron chi connectivity index (χ3n) is 4.22. The molecule has 2 heterocycles. The molecular weight excluding hydrogens is 335 g/mol. The first-order valence-corrected chi connectivity index (χ1v) is 8.01. The number of rotatable bonds is 3. The maximum Gasteiger partial charge on any atom is 0.260 e.